The van der Waals surface area contributed by atoms with Crippen LogP contribution < -0.4 is 5.32 Å². The van der Waals surface area contributed by atoms with Crippen molar-refractivity contribution in [2.75, 3.05) is 13.6 Å². The van der Waals surface area contributed by atoms with E-state index in [0.717, 1.165) is 35.5 Å². The molecule has 6 atom stereocenters. The minimum atomic E-state index is 0.496. The third kappa shape index (κ3) is 4.24. The zero-order valence-corrected chi connectivity index (χ0v) is 15.4. The Bertz CT molecular complexity index is 316. The van der Waals surface area contributed by atoms with E-state index >= 15 is 0 Å². The van der Waals surface area contributed by atoms with Gasteiger partial charge in [0.05, 0.1) is 0 Å². The molecule has 0 aliphatic heterocycles. The fraction of sp³-hybridized carbons (Fsp3) is 1.00. The Labute approximate surface area is 133 Å². The molecule has 0 aromatic rings. The average Bonchev–Trinajstić information content (AvgIpc) is 2.41. The third-order valence-electron chi connectivity index (χ3n) is 6.98. The van der Waals surface area contributed by atoms with Crippen molar-refractivity contribution < 1.29 is 0 Å². The quantitative estimate of drug-likeness (QED) is 0.739. The minimum Gasteiger partial charge on any atom is -0.319 e. The van der Waals surface area contributed by atoms with Crippen molar-refractivity contribution in [2.45, 2.75) is 73.1 Å². The molecule has 0 heterocycles. The Kier molecular flexibility index (Phi) is 5.79. The summed E-state index contributed by atoms with van der Waals surface area (Å²) < 4.78 is 0. The summed E-state index contributed by atoms with van der Waals surface area (Å²) in [6.07, 6.45) is 8.84. The fourth-order valence-electron chi connectivity index (χ4n) is 5.13. The van der Waals surface area contributed by atoms with Crippen molar-refractivity contribution in [3.8, 4) is 0 Å². The van der Waals surface area contributed by atoms with Gasteiger partial charge in [-0.1, -0.05) is 41.0 Å². The van der Waals surface area contributed by atoms with Crippen molar-refractivity contribution in [1.29, 1.82) is 0 Å². The van der Waals surface area contributed by atoms with Gasteiger partial charge in [0.25, 0.3) is 0 Å². The van der Waals surface area contributed by atoms with Crippen molar-refractivity contribution in [3.05, 3.63) is 0 Å². The van der Waals surface area contributed by atoms with E-state index < -0.39 is 0 Å². The maximum Gasteiger partial charge on any atom is -0.00208 e. The summed E-state index contributed by atoms with van der Waals surface area (Å²) in [4.78, 5) is 0. The predicted molar refractivity (Wildman–Crippen MR) is 93.4 cm³/mol. The van der Waals surface area contributed by atoms with Gasteiger partial charge in [-0.15, -0.1) is 0 Å². The predicted octanol–water partition coefficient (Wildman–Crippen LogP) is 5.36. The molecule has 2 aliphatic carbocycles. The highest BCUT2D eigenvalue weighted by Gasteiger charge is 2.40. The summed E-state index contributed by atoms with van der Waals surface area (Å²) in [6, 6.07) is 0. The minimum absolute atomic E-state index is 0.496. The molecule has 2 saturated carbocycles. The Hall–Kier alpha value is -0.0400. The average molecular weight is 294 g/mol. The molecule has 1 heteroatoms. The van der Waals surface area contributed by atoms with E-state index in [0.29, 0.717) is 5.41 Å². The van der Waals surface area contributed by atoms with Crippen LogP contribution in [-0.2, 0) is 0 Å². The lowest BCUT2D eigenvalue weighted by Gasteiger charge is -2.47. The lowest BCUT2D eigenvalue weighted by Crippen LogP contribution is -2.41. The van der Waals surface area contributed by atoms with Crippen LogP contribution in [0.5, 0.6) is 0 Å². The molecular weight excluding hydrogens is 254 g/mol. The Balaban J connectivity index is 2.07. The van der Waals surface area contributed by atoms with E-state index in [9.17, 15) is 0 Å². The molecule has 0 amide bonds. The molecule has 0 bridgehead atoms. The highest BCUT2D eigenvalue weighted by Crippen LogP contribution is 2.49. The van der Waals surface area contributed by atoms with Crippen LogP contribution in [0.4, 0.5) is 0 Å². The monoisotopic (exact) mass is 293 g/mol. The van der Waals surface area contributed by atoms with Crippen molar-refractivity contribution >= 4 is 0 Å². The lowest BCUT2D eigenvalue weighted by atomic mass is 9.59. The van der Waals surface area contributed by atoms with Gasteiger partial charge in [-0.25, -0.2) is 0 Å². The summed E-state index contributed by atoms with van der Waals surface area (Å²) in [5.41, 5.74) is 0.496. The van der Waals surface area contributed by atoms with E-state index in [1.807, 2.05) is 0 Å². The molecule has 2 rings (SSSR count). The second kappa shape index (κ2) is 7.02. The molecule has 21 heavy (non-hydrogen) atoms. The number of rotatable bonds is 3. The van der Waals surface area contributed by atoms with Crippen LogP contribution >= 0.6 is 0 Å². The van der Waals surface area contributed by atoms with Crippen LogP contribution in [0, 0.1) is 40.9 Å². The van der Waals surface area contributed by atoms with E-state index in [1.54, 1.807) is 0 Å². The first-order valence-electron chi connectivity index (χ1n) is 9.47. The van der Waals surface area contributed by atoms with Gasteiger partial charge in [-0.2, -0.15) is 0 Å². The molecule has 0 aromatic heterocycles. The molecule has 0 spiro atoms. The van der Waals surface area contributed by atoms with Gasteiger partial charge in [0.1, 0.15) is 0 Å². The highest BCUT2D eigenvalue weighted by molar-refractivity contribution is 4.91. The maximum absolute atomic E-state index is 3.48. The van der Waals surface area contributed by atoms with Gasteiger partial charge in [-0.05, 0) is 86.6 Å². The second-order valence-electron chi connectivity index (χ2n) is 9.39. The van der Waals surface area contributed by atoms with E-state index in [2.05, 4.69) is 47.0 Å². The topological polar surface area (TPSA) is 12.0 Å². The van der Waals surface area contributed by atoms with Gasteiger partial charge in [0.2, 0.25) is 0 Å². The molecule has 2 fully saturated rings. The zero-order chi connectivity index (χ0) is 15.6. The molecule has 0 saturated heterocycles. The molecule has 6 unspecified atom stereocenters. The van der Waals surface area contributed by atoms with Crippen molar-refractivity contribution in [2.24, 2.45) is 40.9 Å². The fourth-order valence-corrected chi connectivity index (χ4v) is 5.13. The molecule has 124 valence electrons. The maximum atomic E-state index is 3.48. The van der Waals surface area contributed by atoms with Crippen LogP contribution in [0.3, 0.4) is 0 Å². The first-order chi connectivity index (χ1) is 9.82. The van der Waals surface area contributed by atoms with Crippen molar-refractivity contribution in [3.63, 3.8) is 0 Å². The molecule has 0 aromatic carbocycles. The molecular formula is C20H39N. The second-order valence-corrected chi connectivity index (χ2v) is 9.39. The normalized spacial score (nSPS) is 42.0. The van der Waals surface area contributed by atoms with Gasteiger partial charge in [0, 0.05) is 0 Å². The standard InChI is InChI=1S/C20H39N/c1-14-7-8-16(11-15(14)2)19-12-18(20(3,4)5)10-9-17(19)13-21-6/h14-19,21H,7-13H2,1-6H3. The van der Waals surface area contributed by atoms with Crippen LogP contribution in [0.25, 0.3) is 0 Å². The van der Waals surface area contributed by atoms with Gasteiger partial charge >= 0.3 is 0 Å². The summed E-state index contributed by atoms with van der Waals surface area (Å²) in [5.74, 6) is 5.73. The first kappa shape index (κ1) is 17.3. The third-order valence-corrected chi connectivity index (χ3v) is 6.98. The Morgan fingerprint density at radius 2 is 1.62 bits per heavy atom. The van der Waals surface area contributed by atoms with E-state index in [1.165, 1.54) is 45.1 Å². The van der Waals surface area contributed by atoms with Gasteiger partial charge in [-0.3, -0.25) is 0 Å². The van der Waals surface area contributed by atoms with Crippen molar-refractivity contribution in [1.82, 2.24) is 5.32 Å². The molecule has 0 radical (unpaired) electrons. The smallest absolute Gasteiger partial charge is 0.00208 e. The van der Waals surface area contributed by atoms with Gasteiger partial charge in [0.15, 0.2) is 0 Å². The largest absolute Gasteiger partial charge is 0.319 e. The summed E-state index contributed by atoms with van der Waals surface area (Å²) in [6.45, 7) is 13.6. The van der Waals surface area contributed by atoms with Crippen LogP contribution in [-0.4, -0.2) is 13.6 Å². The van der Waals surface area contributed by atoms with E-state index in [4.69, 9.17) is 0 Å². The van der Waals surface area contributed by atoms with Gasteiger partial charge < -0.3 is 5.32 Å². The lowest BCUT2D eigenvalue weighted by molar-refractivity contribution is 0.0348. The molecule has 1 nitrogen and oxygen atoms in total. The number of hydrogen-bond acceptors (Lipinski definition) is 1. The zero-order valence-electron chi connectivity index (χ0n) is 15.4. The Morgan fingerprint density at radius 3 is 2.19 bits per heavy atom. The molecule has 2 aliphatic rings. The summed E-state index contributed by atoms with van der Waals surface area (Å²) in [5, 5.41) is 3.48. The molecule has 1 N–H and O–H groups in total. The van der Waals surface area contributed by atoms with Crippen LogP contribution in [0.15, 0.2) is 0 Å². The highest BCUT2D eigenvalue weighted by atomic mass is 14.8. The van der Waals surface area contributed by atoms with Crippen LogP contribution in [0.1, 0.15) is 73.1 Å². The number of hydrogen-bond donors (Lipinski definition) is 1. The van der Waals surface area contributed by atoms with Crippen LogP contribution in [0.2, 0.25) is 0 Å². The first-order valence-corrected chi connectivity index (χ1v) is 9.47. The SMILES string of the molecule is CNCC1CCC(C(C)(C)C)CC1C1CCC(C)C(C)C1. The van der Waals surface area contributed by atoms with E-state index in [-0.39, 0.29) is 0 Å². The summed E-state index contributed by atoms with van der Waals surface area (Å²) >= 11 is 0. The summed E-state index contributed by atoms with van der Waals surface area (Å²) in [7, 11) is 2.14. The number of nitrogens with one attached hydrogen (secondary N) is 1. The Morgan fingerprint density at radius 1 is 0.905 bits per heavy atom.